The van der Waals surface area contributed by atoms with E-state index in [2.05, 4.69) is 41.0 Å². The molecule has 6 heteroatoms. The second-order valence-electron chi connectivity index (χ2n) is 8.67. The van der Waals surface area contributed by atoms with Gasteiger partial charge in [-0.3, -0.25) is 9.55 Å². The number of nitrogens with two attached hydrogens (primary N) is 1. The molecule has 3 heterocycles. The van der Waals surface area contributed by atoms with Gasteiger partial charge < -0.3 is 15.0 Å². The van der Waals surface area contributed by atoms with Crippen LogP contribution in [0.5, 0.6) is 5.75 Å². The molecule has 0 bridgehead atoms. The van der Waals surface area contributed by atoms with Gasteiger partial charge in [-0.1, -0.05) is 42.5 Å². The monoisotopic (exact) mass is 459 g/mol. The second kappa shape index (κ2) is 8.33. The number of nitrogens with zero attached hydrogens (tertiary/aromatic N) is 4. The van der Waals surface area contributed by atoms with Crippen LogP contribution in [0.15, 0.2) is 91.1 Å². The number of hydrogen-bond donors (Lipinski definition) is 1. The number of fused-ring (bicyclic) bond motifs is 2. The van der Waals surface area contributed by atoms with Crippen LogP contribution >= 0.6 is 0 Å². The Balaban J connectivity index is 1.65. The van der Waals surface area contributed by atoms with Gasteiger partial charge in [0.05, 0.1) is 34.9 Å². The van der Waals surface area contributed by atoms with Crippen molar-refractivity contribution in [3.05, 3.63) is 102 Å². The minimum Gasteiger partial charge on any atom is -0.497 e. The highest BCUT2D eigenvalue weighted by Gasteiger charge is 2.24. The van der Waals surface area contributed by atoms with Crippen LogP contribution in [0.3, 0.4) is 0 Å². The number of ether oxygens (including phenoxy) is 1. The molecule has 3 aromatic carbocycles. The van der Waals surface area contributed by atoms with Crippen molar-refractivity contribution in [2.75, 3.05) is 12.8 Å². The molecule has 172 valence electrons. The third kappa shape index (κ3) is 3.51. The van der Waals surface area contributed by atoms with Gasteiger partial charge >= 0.3 is 0 Å². The van der Waals surface area contributed by atoms with Crippen molar-refractivity contribution in [2.24, 2.45) is 0 Å². The van der Waals surface area contributed by atoms with Crippen LogP contribution in [0.1, 0.15) is 11.1 Å². The first-order valence-electron chi connectivity index (χ1n) is 11.5. The summed E-state index contributed by atoms with van der Waals surface area (Å²) in [5.41, 5.74) is 14.7. The fraction of sp³-hybridized carbons (Fsp3) is 0.103. The number of rotatable bonds is 5. The highest BCUT2D eigenvalue weighted by molar-refractivity contribution is 6.01. The molecule has 0 fully saturated rings. The van der Waals surface area contributed by atoms with E-state index < -0.39 is 0 Å². The van der Waals surface area contributed by atoms with E-state index in [9.17, 15) is 0 Å². The normalized spacial score (nSPS) is 11.4. The highest BCUT2D eigenvalue weighted by atomic mass is 16.5. The van der Waals surface area contributed by atoms with E-state index in [4.69, 9.17) is 20.4 Å². The summed E-state index contributed by atoms with van der Waals surface area (Å²) in [6, 6.07) is 28.7. The molecule has 0 aliphatic carbocycles. The van der Waals surface area contributed by atoms with E-state index in [1.807, 2.05) is 60.0 Å². The lowest BCUT2D eigenvalue weighted by atomic mass is 10.2. The van der Waals surface area contributed by atoms with Gasteiger partial charge in [0.1, 0.15) is 22.9 Å². The molecule has 0 spiro atoms. The molecule has 6 nitrogen and oxygen atoms in total. The van der Waals surface area contributed by atoms with Crippen LogP contribution in [-0.2, 0) is 6.54 Å². The number of aryl methyl sites for hydroxylation is 1. The predicted molar refractivity (Wildman–Crippen MR) is 141 cm³/mol. The van der Waals surface area contributed by atoms with Crippen molar-refractivity contribution >= 4 is 27.9 Å². The van der Waals surface area contributed by atoms with Gasteiger partial charge in [-0.05, 0) is 54.4 Å². The fourth-order valence-corrected chi connectivity index (χ4v) is 4.80. The molecular weight excluding hydrogens is 434 g/mol. The number of pyridine rings is 1. The molecule has 0 radical (unpaired) electrons. The zero-order valence-electron chi connectivity index (χ0n) is 19.6. The predicted octanol–water partition coefficient (Wildman–Crippen LogP) is 5.99. The minimum atomic E-state index is 0.593. The lowest BCUT2D eigenvalue weighted by Gasteiger charge is -2.12. The van der Waals surface area contributed by atoms with E-state index in [1.165, 1.54) is 5.56 Å². The Kier molecular flexibility index (Phi) is 4.99. The molecule has 0 saturated carbocycles. The first-order chi connectivity index (χ1) is 17.1. The number of imidazole rings is 1. The summed E-state index contributed by atoms with van der Waals surface area (Å²) in [7, 11) is 1.68. The van der Waals surface area contributed by atoms with Crippen LogP contribution < -0.4 is 10.5 Å². The molecule has 6 aromatic rings. The zero-order valence-corrected chi connectivity index (χ0v) is 19.6. The zero-order chi connectivity index (χ0) is 23.9. The van der Waals surface area contributed by atoms with Gasteiger partial charge in [0.15, 0.2) is 0 Å². The van der Waals surface area contributed by atoms with Crippen LogP contribution in [0.2, 0.25) is 0 Å². The molecule has 2 N–H and O–H groups in total. The fourth-order valence-electron chi connectivity index (χ4n) is 4.80. The average Bonchev–Trinajstić information content (AvgIpc) is 3.38. The molecule has 35 heavy (non-hydrogen) atoms. The maximum Gasteiger partial charge on any atom is 0.147 e. The molecule has 0 amide bonds. The molecule has 0 atom stereocenters. The first-order valence-corrected chi connectivity index (χ1v) is 11.5. The lowest BCUT2D eigenvalue weighted by Crippen LogP contribution is -2.05. The molecule has 0 unspecified atom stereocenters. The summed E-state index contributed by atoms with van der Waals surface area (Å²) in [6.07, 6.45) is 1.80. The van der Waals surface area contributed by atoms with Gasteiger partial charge in [-0.25, -0.2) is 4.98 Å². The van der Waals surface area contributed by atoms with Gasteiger partial charge in [-0.2, -0.15) is 0 Å². The Morgan fingerprint density at radius 1 is 0.886 bits per heavy atom. The quantitative estimate of drug-likeness (QED) is 0.344. The van der Waals surface area contributed by atoms with E-state index in [-0.39, 0.29) is 0 Å². The van der Waals surface area contributed by atoms with Crippen molar-refractivity contribution in [1.82, 2.24) is 19.1 Å². The second-order valence-corrected chi connectivity index (χ2v) is 8.67. The van der Waals surface area contributed by atoms with Crippen molar-refractivity contribution in [2.45, 2.75) is 13.5 Å². The summed E-state index contributed by atoms with van der Waals surface area (Å²) in [5, 5.41) is 0. The number of nitrogen functional groups attached to an aromatic ring is 1. The summed E-state index contributed by atoms with van der Waals surface area (Å²) in [5.74, 6) is 2.17. The standard InChI is InChI=1S/C29H25N5O/c1-19-15-21(17-22(16-19)35-2)34-25-13-8-14-31-27(25)26(28(34)30)29-32-23-11-6-7-12-24(23)33(29)18-20-9-4-3-5-10-20/h3-17H,18,30H2,1-2H3. The number of para-hydroxylation sites is 2. The number of anilines is 1. The molecule has 3 aromatic heterocycles. The SMILES string of the molecule is COc1cc(C)cc(-n2c(N)c(-c3nc4ccccc4n3Cc3ccccc3)c3ncccc32)c1. The third-order valence-electron chi connectivity index (χ3n) is 6.35. The summed E-state index contributed by atoms with van der Waals surface area (Å²) in [6.45, 7) is 2.72. The minimum absolute atomic E-state index is 0.593. The average molecular weight is 460 g/mol. The third-order valence-corrected chi connectivity index (χ3v) is 6.35. The van der Waals surface area contributed by atoms with E-state index in [0.717, 1.165) is 50.5 Å². The maximum atomic E-state index is 6.93. The smallest absolute Gasteiger partial charge is 0.147 e. The van der Waals surface area contributed by atoms with Gasteiger partial charge in [0, 0.05) is 18.8 Å². The van der Waals surface area contributed by atoms with E-state index in [1.54, 1.807) is 13.3 Å². The Bertz CT molecular complexity index is 1680. The van der Waals surface area contributed by atoms with Gasteiger partial charge in [0.25, 0.3) is 0 Å². The Morgan fingerprint density at radius 2 is 1.66 bits per heavy atom. The number of hydrogen-bond acceptors (Lipinski definition) is 4. The summed E-state index contributed by atoms with van der Waals surface area (Å²) < 4.78 is 9.81. The molecule has 0 aliphatic heterocycles. The van der Waals surface area contributed by atoms with Crippen LogP contribution in [-0.4, -0.2) is 26.2 Å². The topological polar surface area (TPSA) is 70.9 Å². The van der Waals surface area contributed by atoms with Crippen LogP contribution in [0.25, 0.3) is 39.1 Å². The maximum absolute atomic E-state index is 6.93. The summed E-state index contributed by atoms with van der Waals surface area (Å²) >= 11 is 0. The van der Waals surface area contributed by atoms with Crippen molar-refractivity contribution in [1.29, 1.82) is 0 Å². The number of aromatic nitrogens is 4. The summed E-state index contributed by atoms with van der Waals surface area (Å²) in [4.78, 5) is 9.82. The Morgan fingerprint density at radius 3 is 2.49 bits per heavy atom. The Hall–Kier alpha value is -4.58. The highest BCUT2D eigenvalue weighted by Crippen LogP contribution is 2.39. The van der Waals surface area contributed by atoms with Crippen molar-refractivity contribution in [3.63, 3.8) is 0 Å². The Labute approximate surface area is 203 Å². The van der Waals surface area contributed by atoms with Gasteiger partial charge in [-0.15, -0.1) is 0 Å². The van der Waals surface area contributed by atoms with Crippen molar-refractivity contribution in [3.8, 4) is 22.8 Å². The molecular formula is C29H25N5O. The lowest BCUT2D eigenvalue weighted by molar-refractivity contribution is 0.414. The number of methoxy groups -OCH3 is 1. The molecule has 6 rings (SSSR count). The van der Waals surface area contributed by atoms with E-state index in [0.29, 0.717) is 12.4 Å². The van der Waals surface area contributed by atoms with Gasteiger partial charge in [0.2, 0.25) is 0 Å². The van der Waals surface area contributed by atoms with Crippen LogP contribution in [0, 0.1) is 6.92 Å². The largest absolute Gasteiger partial charge is 0.497 e. The van der Waals surface area contributed by atoms with E-state index >= 15 is 0 Å². The number of benzene rings is 3. The molecule has 0 saturated heterocycles. The van der Waals surface area contributed by atoms with Crippen LogP contribution in [0.4, 0.5) is 5.82 Å². The van der Waals surface area contributed by atoms with Crippen molar-refractivity contribution < 1.29 is 4.74 Å². The first kappa shape index (κ1) is 21.0. The molecule has 0 aliphatic rings.